The highest BCUT2D eigenvalue weighted by Crippen LogP contribution is 2.35. The Labute approximate surface area is 227 Å². The Hall–Kier alpha value is -4.37. The first kappa shape index (κ1) is 29.9. The molecule has 0 aliphatic carbocycles. The third-order valence-electron chi connectivity index (χ3n) is 5.59. The smallest absolute Gasteiger partial charge is 0.344 e. The fourth-order valence-electron chi connectivity index (χ4n) is 3.60. The van der Waals surface area contributed by atoms with Gasteiger partial charge in [0.05, 0.1) is 23.5 Å². The van der Waals surface area contributed by atoms with Crippen molar-refractivity contribution in [2.45, 2.75) is 26.7 Å². The lowest BCUT2D eigenvalue weighted by atomic mass is 9.97. The van der Waals surface area contributed by atoms with Crippen LogP contribution in [-0.2, 0) is 9.53 Å². The van der Waals surface area contributed by atoms with E-state index in [0.717, 1.165) is 5.56 Å². The number of ketones is 1. The summed E-state index contributed by atoms with van der Waals surface area (Å²) in [7, 11) is 0. The second-order valence-corrected chi connectivity index (χ2v) is 8.55. The van der Waals surface area contributed by atoms with Crippen molar-refractivity contribution < 1.29 is 23.9 Å². The molecule has 0 aliphatic heterocycles. The molecule has 3 rings (SSSR count). The molecule has 200 valence electrons. The van der Waals surface area contributed by atoms with Crippen LogP contribution in [0.4, 0.5) is 11.4 Å². The van der Waals surface area contributed by atoms with Gasteiger partial charge in [0.15, 0.2) is 12.4 Å². The van der Waals surface area contributed by atoms with Crippen LogP contribution >= 0.6 is 12.4 Å². The van der Waals surface area contributed by atoms with Crippen molar-refractivity contribution in [2.24, 2.45) is 5.73 Å². The molecule has 38 heavy (non-hydrogen) atoms. The van der Waals surface area contributed by atoms with Crippen molar-refractivity contribution in [1.82, 2.24) is 0 Å². The lowest BCUT2D eigenvalue weighted by Crippen LogP contribution is -2.20. The number of esters is 1. The number of amidine groups is 1. The third kappa shape index (κ3) is 7.10. The molecule has 0 bridgehead atoms. The second kappa shape index (κ2) is 13.3. The molecule has 0 heterocycles. The Morgan fingerprint density at radius 3 is 2.24 bits per heavy atom. The van der Waals surface area contributed by atoms with Crippen molar-refractivity contribution in [1.29, 1.82) is 5.41 Å². The summed E-state index contributed by atoms with van der Waals surface area (Å²) in [6, 6.07) is 16.2. The summed E-state index contributed by atoms with van der Waals surface area (Å²) in [5.74, 6) is -1.51. The van der Waals surface area contributed by atoms with E-state index in [0.29, 0.717) is 17.0 Å². The van der Waals surface area contributed by atoms with Crippen molar-refractivity contribution in [3.05, 3.63) is 88.5 Å². The normalized spacial score (nSPS) is 10.3. The van der Waals surface area contributed by atoms with E-state index in [1.54, 1.807) is 37.3 Å². The molecule has 3 aromatic carbocycles. The molecular weight excluding hydrogens is 508 g/mol. The van der Waals surface area contributed by atoms with Crippen LogP contribution in [0.5, 0.6) is 5.75 Å². The van der Waals surface area contributed by atoms with Gasteiger partial charge in [0.1, 0.15) is 11.6 Å². The maximum atomic E-state index is 13.7. The second-order valence-electron chi connectivity index (χ2n) is 8.55. The van der Waals surface area contributed by atoms with Gasteiger partial charge in [-0.25, -0.2) is 4.79 Å². The largest absolute Gasteiger partial charge is 0.481 e. The first-order chi connectivity index (χ1) is 17.6. The highest BCUT2D eigenvalue weighted by molar-refractivity contribution is 6.19. The van der Waals surface area contributed by atoms with Crippen molar-refractivity contribution in [3.8, 4) is 5.75 Å². The predicted octanol–water partition coefficient (Wildman–Crippen LogP) is 4.52. The number of nitrogen functional groups attached to an aromatic ring is 2. The number of hydrogen-bond donors (Lipinski definition) is 4. The van der Waals surface area contributed by atoms with Crippen LogP contribution in [0.3, 0.4) is 0 Å². The number of ether oxygens (including phenoxy) is 2. The third-order valence-corrected chi connectivity index (χ3v) is 5.59. The summed E-state index contributed by atoms with van der Waals surface area (Å²) in [6.07, 6.45) is 0. The monoisotopic (exact) mass is 538 g/mol. The van der Waals surface area contributed by atoms with Gasteiger partial charge in [-0.05, 0) is 48.7 Å². The minimum absolute atomic E-state index is 0. The fraction of sp³-hybridized carbons (Fsp3) is 0.214. The number of anilines is 2. The zero-order chi connectivity index (χ0) is 27.1. The molecule has 1 amide bonds. The zero-order valence-corrected chi connectivity index (χ0v) is 22.2. The molecule has 0 radical (unpaired) electrons. The van der Waals surface area contributed by atoms with Gasteiger partial charge in [0.25, 0.3) is 5.91 Å². The quantitative estimate of drug-likeness (QED) is 0.0970. The molecule has 9 nitrogen and oxygen atoms in total. The number of nitrogens with one attached hydrogen (secondary N) is 2. The SMILES string of the molecule is CCOC(=O)COc1ccc(N)c(NC(=O)c2ccc(C(C)C)cc2)c1C(=O)c1cccc(C(=N)N)c1.Cl. The number of halogens is 1. The Kier molecular flexibility index (Phi) is 10.4. The van der Waals surface area contributed by atoms with Gasteiger partial charge in [0, 0.05) is 16.7 Å². The van der Waals surface area contributed by atoms with Gasteiger partial charge < -0.3 is 26.3 Å². The summed E-state index contributed by atoms with van der Waals surface area (Å²) in [5, 5.41) is 10.4. The predicted molar refractivity (Wildman–Crippen MR) is 150 cm³/mol. The molecule has 10 heteroatoms. The van der Waals surface area contributed by atoms with Gasteiger partial charge in [-0.2, -0.15) is 0 Å². The minimum atomic E-state index is -0.618. The first-order valence-corrected chi connectivity index (χ1v) is 11.7. The molecule has 0 fully saturated rings. The van der Waals surface area contributed by atoms with E-state index in [-0.39, 0.29) is 53.1 Å². The Morgan fingerprint density at radius 2 is 1.63 bits per heavy atom. The molecule has 0 aliphatic rings. The van der Waals surface area contributed by atoms with E-state index in [1.807, 2.05) is 12.1 Å². The number of nitrogens with two attached hydrogens (primary N) is 2. The molecule has 0 saturated carbocycles. The topological polar surface area (TPSA) is 158 Å². The Bertz CT molecular complexity index is 1340. The number of carbonyl (C=O) groups is 3. The molecular formula is C28H31ClN4O5. The van der Waals surface area contributed by atoms with Crippen LogP contribution in [-0.4, -0.2) is 36.7 Å². The van der Waals surface area contributed by atoms with Crippen LogP contribution < -0.4 is 21.5 Å². The molecule has 6 N–H and O–H groups in total. The summed E-state index contributed by atoms with van der Waals surface area (Å²) in [4.78, 5) is 38.7. The van der Waals surface area contributed by atoms with Gasteiger partial charge in [-0.15, -0.1) is 12.4 Å². The highest BCUT2D eigenvalue weighted by Gasteiger charge is 2.24. The van der Waals surface area contributed by atoms with Crippen LogP contribution in [0.15, 0.2) is 60.7 Å². The summed E-state index contributed by atoms with van der Waals surface area (Å²) in [5.41, 5.74) is 13.9. The van der Waals surface area contributed by atoms with E-state index in [2.05, 4.69) is 19.2 Å². The van der Waals surface area contributed by atoms with E-state index >= 15 is 0 Å². The molecule has 0 unspecified atom stereocenters. The summed E-state index contributed by atoms with van der Waals surface area (Å²) in [6.45, 7) is 5.49. The number of benzene rings is 3. The number of amides is 1. The molecule has 0 aromatic heterocycles. The van der Waals surface area contributed by atoms with Crippen LogP contribution in [0.2, 0.25) is 0 Å². The van der Waals surface area contributed by atoms with Crippen molar-refractivity contribution in [3.63, 3.8) is 0 Å². The van der Waals surface area contributed by atoms with E-state index in [9.17, 15) is 14.4 Å². The van der Waals surface area contributed by atoms with E-state index in [4.69, 9.17) is 26.4 Å². The lowest BCUT2D eigenvalue weighted by molar-refractivity contribution is -0.145. The molecule has 0 saturated heterocycles. The lowest BCUT2D eigenvalue weighted by Gasteiger charge is -2.18. The van der Waals surface area contributed by atoms with Crippen LogP contribution in [0, 0.1) is 5.41 Å². The van der Waals surface area contributed by atoms with Crippen molar-refractivity contribution >= 4 is 47.3 Å². The standard InChI is InChI=1S/C28H30N4O5.ClH/c1-4-36-23(33)15-37-22-13-12-21(29)25(32-28(35)18-10-8-17(9-11-18)16(2)3)24(22)26(34)19-6-5-7-20(14-19)27(30)31;/h5-14,16H,4,15,29H2,1-3H3,(H3,30,31)(H,32,35);1H. The van der Waals surface area contributed by atoms with Gasteiger partial charge in [-0.3, -0.25) is 15.0 Å². The molecule has 3 aromatic rings. The Balaban J connectivity index is 0.00000507. The van der Waals surface area contributed by atoms with Crippen LogP contribution in [0.1, 0.15) is 64.1 Å². The summed E-state index contributed by atoms with van der Waals surface area (Å²) < 4.78 is 10.5. The number of hydrogen-bond acceptors (Lipinski definition) is 7. The minimum Gasteiger partial charge on any atom is -0.481 e. The van der Waals surface area contributed by atoms with Crippen LogP contribution in [0.25, 0.3) is 0 Å². The molecule has 0 atom stereocenters. The maximum absolute atomic E-state index is 13.7. The number of carbonyl (C=O) groups excluding carboxylic acids is 3. The number of rotatable bonds is 10. The summed E-state index contributed by atoms with van der Waals surface area (Å²) >= 11 is 0. The zero-order valence-electron chi connectivity index (χ0n) is 21.4. The van der Waals surface area contributed by atoms with Gasteiger partial charge in [0.2, 0.25) is 0 Å². The fourth-order valence-corrected chi connectivity index (χ4v) is 3.60. The van der Waals surface area contributed by atoms with E-state index < -0.39 is 24.3 Å². The van der Waals surface area contributed by atoms with Gasteiger partial charge >= 0.3 is 5.97 Å². The van der Waals surface area contributed by atoms with Gasteiger partial charge in [-0.1, -0.05) is 44.2 Å². The van der Waals surface area contributed by atoms with Crippen molar-refractivity contribution in [2.75, 3.05) is 24.3 Å². The average Bonchev–Trinajstić information content (AvgIpc) is 2.88. The average molecular weight is 539 g/mol. The van der Waals surface area contributed by atoms with E-state index in [1.165, 1.54) is 18.2 Å². The first-order valence-electron chi connectivity index (χ1n) is 11.7. The maximum Gasteiger partial charge on any atom is 0.344 e. The molecule has 0 spiro atoms. The highest BCUT2D eigenvalue weighted by atomic mass is 35.5. The Morgan fingerprint density at radius 1 is 0.974 bits per heavy atom.